The number of thiophene rings is 1. The number of piperazine rings is 1. The number of phenolic OH excluding ortho intramolecular Hbond substituents is 2. The number of fused-ring (bicyclic) bond motifs is 2. The number of hydrogen-bond donors (Lipinski definition) is 3. The quantitative estimate of drug-likeness (QED) is 0.167. The molecule has 3 fully saturated rings. The highest BCUT2D eigenvalue weighted by atomic mass is 32.1. The summed E-state index contributed by atoms with van der Waals surface area (Å²) in [6.45, 7) is 17.4. The molecule has 3 aromatic heterocycles. The first-order valence-corrected chi connectivity index (χ1v) is 21.8. The molecule has 0 unspecified atom stereocenters. The van der Waals surface area contributed by atoms with Crippen LogP contribution in [0.1, 0.15) is 70.1 Å². The Morgan fingerprint density at radius 3 is 2.31 bits per heavy atom. The molecule has 2 aromatic carbocycles. The van der Waals surface area contributed by atoms with Crippen molar-refractivity contribution in [1.82, 2.24) is 39.5 Å². The van der Waals surface area contributed by atoms with E-state index in [1.54, 1.807) is 34.7 Å². The summed E-state index contributed by atoms with van der Waals surface area (Å²) in [5.41, 5.74) is 12.0. The number of hydrogen-bond acceptors (Lipinski definition) is 14. The van der Waals surface area contributed by atoms with E-state index in [1.165, 1.54) is 41.5 Å². The summed E-state index contributed by atoms with van der Waals surface area (Å²) in [7, 11) is 0. The molecule has 1 amide bonds. The lowest BCUT2D eigenvalue weighted by atomic mass is 9.95. The maximum Gasteiger partial charge on any atom is 0.258 e. The van der Waals surface area contributed by atoms with Crippen LogP contribution in [-0.4, -0.2) is 128 Å². The van der Waals surface area contributed by atoms with Gasteiger partial charge in [0.2, 0.25) is 5.95 Å². The number of amides is 1. The van der Waals surface area contributed by atoms with Gasteiger partial charge in [0.25, 0.3) is 5.91 Å². The molecule has 59 heavy (non-hydrogen) atoms. The summed E-state index contributed by atoms with van der Waals surface area (Å²) >= 11 is 1.81. The fraction of sp³-hybridized carbons (Fsp3) is 0.477. The molecule has 3 saturated heterocycles. The smallest absolute Gasteiger partial charge is 0.258 e. The first-order valence-electron chi connectivity index (χ1n) is 21.0. The minimum atomic E-state index is -0.211. The average Bonchev–Trinajstić information content (AvgIpc) is 3.86. The summed E-state index contributed by atoms with van der Waals surface area (Å²) in [5, 5.41) is 20.8. The van der Waals surface area contributed by atoms with Crippen molar-refractivity contribution in [1.29, 1.82) is 0 Å². The van der Waals surface area contributed by atoms with E-state index in [9.17, 15) is 15.0 Å². The summed E-state index contributed by atoms with van der Waals surface area (Å²) in [6.07, 6.45) is 5.80. The van der Waals surface area contributed by atoms with Gasteiger partial charge in [-0.1, -0.05) is 32.0 Å². The predicted octanol–water partition coefficient (Wildman–Crippen LogP) is 5.29. The number of phenols is 2. The highest BCUT2D eigenvalue weighted by Gasteiger charge is 2.29. The highest BCUT2D eigenvalue weighted by Crippen LogP contribution is 2.37. The molecule has 4 aliphatic heterocycles. The molecule has 14 nitrogen and oxygen atoms in total. The van der Waals surface area contributed by atoms with Crippen molar-refractivity contribution in [2.24, 2.45) is 5.92 Å². The van der Waals surface area contributed by atoms with Crippen LogP contribution in [0.15, 0.2) is 48.8 Å². The summed E-state index contributed by atoms with van der Waals surface area (Å²) in [5.74, 6) is 2.18. The fourth-order valence-electron chi connectivity index (χ4n) is 9.00. The lowest BCUT2D eigenvalue weighted by molar-refractivity contribution is 0.0748. The molecule has 4 aliphatic rings. The Labute approximate surface area is 349 Å². The zero-order chi connectivity index (χ0) is 40.6. The molecule has 15 heteroatoms. The average molecular weight is 819 g/mol. The molecule has 310 valence electrons. The van der Waals surface area contributed by atoms with Gasteiger partial charge in [-0.25, -0.2) is 19.9 Å². The minimum absolute atomic E-state index is 0.0173. The normalized spacial score (nSPS) is 18.6. The third kappa shape index (κ3) is 8.71. The molecule has 0 saturated carbocycles. The number of aromatic hydroxyl groups is 2. The van der Waals surface area contributed by atoms with Crippen molar-refractivity contribution in [2.75, 3.05) is 82.8 Å². The monoisotopic (exact) mass is 818 g/mol. The summed E-state index contributed by atoms with van der Waals surface area (Å²) < 4.78 is 6.76. The number of anilines is 2. The van der Waals surface area contributed by atoms with Crippen molar-refractivity contribution in [3.63, 3.8) is 0 Å². The van der Waals surface area contributed by atoms with Crippen LogP contribution in [0, 0.1) is 5.92 Å². The van der Waals surface area contributed by atoms with E-state index in [1.807, 2.05) is 13.8 Å². The minimum Gasteiger partial charge on any atom is -0.508 e. The third-order valence-electron chi connectivity index (χ3n) is 12.4. The van der Waals surface area contributed by atoms with E-state index in [0.29, 0.717) is 43.6 Å². The zero-order valence-corrected chi connectivity index (χ0v) is 34.8. The van der Waals surface area contributed by atoms with Gasteiger partial charge in [0.1, 0.15) is 11.5 Å². The number of nitrogen functional groups attached to an aromatic ring is 1. The van der Waals surface area contributed by atoms with Gasteiger partial charge in [-0.15, -0.1) is 11.3 Å². The topological polar surface area (TPSA) is 161 Å². The molecule has 0 atom stereocenters. The number of rotatable bonds is 10. The van der Waals surface area contributed by atoms with Crippen LogP contribution in [0.25, 0.3) is 21.6 Å². The molecule has 0 bridgehead atoms. The number of carbonyl (C=O) groups is 1. The largest absolute Gasteiger partial charge is 0.508 e. The summed E-state index contributed by atoms with van der Waals surface area (Å²) in [6, 6.07) is 11.8. The van der Waals surface area contributed by atoms with E-state index in [0.717, 1.165) is 92.6 Å². The fourth-order valence-corrected chi connectivity index (χ4v) is 10.2. The lowest BCUT2D eigenvalue weighted by Crippen LogP contribution is -2.48. The Bertz CT molecular complexity index is 2300. The molecule has 5 aromatic rings. The van der Waals surface area contributed by atoms with Gasteiger partial charge >= 0.3 is 0 Å². The number of benzene rings is 2. The Balaban J connectivity index is 0.750. The molecule has 4 N–H and O–H groups in total. The van der Waals surface area contributed by atoms with Gasteiger partial charge in [-0.2, -0.15) is 0 Å². The van der Waals surface area contributed by atoms with Crippen LogP contribution >= 0.6 is 11.3 Å². The molecule has 7 heterocycles. The first-order chi connectivity index (χ1) is 28.6. The number of carbonyl (C=O) groups excluding carboxylic acids is 1. The standard InChI is InChI=1S/C44H54N10O4S/c1-28(2)35-19-36(39(56)20-38(35)55)43(57)54-25-31-4-3-30(17-32(31)26-54)24-50-7-5-29(6-8-50)23-51-9-11-52(12-10-51)27-34-18-37-40(59-34)42(53-13-15-58-16-14-53)49-41(48-37)33-21-46-44(45)47-22-33/h3-4,17-22,28-29,55-56H,5-16,23-27H2,1-2H3,(H2,45,46,47). The zero-order valence-electron chi connectivity index (χ0n) is 34.0. The molecule has 0 aliphatic carbocycles. The van der Waals surface area contributed by atoms with Gasteiger partial charge < -0.3 is 35.4 Å². The molecule has 9 rings (SSSR count). The van der Waals surface area contributed by atoms with E-state index in [-0.39, 0.29) is 34.8 Å². The van der Waals surface area contributed by atoms with Gasteiger partial charge in [0, 0.05) is 95.3 Å². The maximum absolute atomic E-state index is 13.5. The third-order valence-corrected chi connectivity index (χ3v) is 13.5. The second-order valence-electron chi connectivity index (χ2n) is 16.9. The van der Waals surface area contributed by atoms with E-state index in [4.69, 9.17) is 20.4 Å². The van der Waals surface area contributed by atoms with Crippen LogP contribution in [0.3, 0.4) is 0 Å². The van der Waals surface area contributed by atoms with E-state index < -0.39 is 0 Å². The number of aromatic nitrogens is 4. The molecule has 0 radical (unpaired) electrons. The van der Waals surface area contributed by atoms with Crippen molar-refractivity contribution in [3.05, 3.63) is 81.5 Å². The van der Waals surface area contributed by atoms with Crippen molar-refractivity contribution in [2.45, 2.75) is 58.8 Å². The number of likely N-dealkylation sites (tertiary alicyclic amines) is 1. The van der Waals surface area contributed by atoms with Crippen LogP contribution in [-0.2, 0) is 30.9 Å². The van der Waals surface area contributed by atoms with Crippen LogP contribution in [0.4, 0.5) is 11.8 Å². The predicted molar refractivity (Wildman–Crippen MR) is 229 cm³/mol. The van der Waals surface area contributed by atoms with Crippen LogP contribution in [0.5, 0.6) is 11.5 Å². The van der Waals surface area contributed by atoms with Gasteiger partial charge in [0.15, 0.2) is 11.6 Å². The van der Waals surface area contributed by atoms with E-state index in [2.05, 4.69) is 53.8 Å². The lowest BCUT2D eigenvalue weighted by Gasteiger charge is -2.38. The second-order valence-corrected chi connectivity index (χ2v) is 18.0. The molecular weight excluding hydrogens is 765 g/mol. The molecular formula is C44H54N10O4S. The maximum atomic E-state index is 13.5. The van der Waals surface area contributed by atoms with Crippen molar-refractivity contribution >= 4 is 39.2 Å². The number of nitrogens with two attached hydrogens (primary N) is 1. The SMILES string of the molecule is CC(C)c1cc(C(=O)N2Cc3ccc(CN4CCC(CN5CCN(Cc6cc7nc(-c8cnc(N)nc8)nc(N8CCOCC8)c7s6)CC5)CC4)cc3C2)c(O)cc1O. The Morgan fingerprint density at radius 2 is 1.56 bits per heavy atom. The summed E-state index contributed by atoms with van der Waals surface area (Å²) in [4.78, 5) is 45.0. The van der Waals surface area contributed by atoms with Crippen molar-refractivity contribution in [3.8, 4) is 22.9 Å². The van der Waals surface area contributed by atoms with Gasteiger partial charge in [-0.3, -0.25) is 14.6 Å². The number of piperidine rings is 1. The highest BCUT2D eigenvalue weighted by molar-refractivity contribution is 7.19. The van der Waals surface area contributed by atoms with Gasteiger partial charge in [-0.05, 0) is 72.2 Å². The van der Waals surface area contributed by atoms with Gasteiger partial charge in [0.05, 0.1) is 34.6 Å². The van der Waals surface area contributed by atoms with E-state index >= 15 is 0 Å². The number of nitrogens with zero attached hydrogens (tertiary/aromatic N) is 9. The number of ether oxygens (including phenoxy) is 1. The molecule has 0 spiro atoms. The van der Waals surface area contributed by atoms with Crippen LogP contribution < -0.4 is 10.6 Å². The van der Waals surface area contributed by atoms with Crippen molar-refractivity contribution < 1.29 is 19.7 Å². The Hall–Kier alpha value is -4.93. The Kier molecular flexibility index (Phi) is 11.4. The second kappa shape index (κ2) is 17.0. The number of morpholine rings is 1. The first kappa shape index (κ1) is 39.5. The van der Waals surface area contributed by atoms with Crippen LogP contribution in [0.2, 0.25) is 0 Å². The Morgan fingerprint density at radius 1 is 0.847 bits per heavy atom.